The van der Waals surface area contributed by atoms with Crippen LogP contribution in [-0.4, -0.2) is 29.2 Å². The Morgan fingerprint density at radius 2 is 2.11 bits per heavy atom. The second-order valence-corrected chi connectivity index (χ2v) is 7.26. The lowest BCUT2D eigenvalue weighted by molar-refractivity contribution is -0.121. The molecule has 3 aromatic rings. The summed E-state index contributed by atoms with van der Waals surface area (Å²) < 4.78 is 10.6. The van der Waals surface area contributed by atoms with Crippen LogP contribution in [0, 0.1) is 0 Å². The number of carbonyl (C=O) groups is 1. The summed E-state index contributed by atoms with van der Waals surface area (Å²) in [6.07, 6.45) is 2.89. The molecular weight excluding hydrogens is 364 g/mol. The highest BCUT2D eigenvalue weighted by Gasteiger charge is 2.13. The van der Waals surface area contributed by atoms with Crippen molar-refractivity contribution in [2.24, 2.45) is 0 Å². The minimum absolute atomic E-state index is 0.0231. The summed E-state index contributed by atoms with van der Waals surface area (Å²) >= 11 is 1.68. The van der Waals surface area contributed by atoms with Gasteiger partial charge in [0.1, 0.15) is 17.0 Å². The lowest BCUT2D eigenvalue weighted by Crippen LogP contribution is -2.25. The molecule has 27 heavy (non-hydrogen) atoms. The largest absolute Gasteiger partial charge is 0.454 e. The van der Waals surface area contributed by atoms with Crippen LogP contribution in [-0.2, 0) is 17.8 Å². The van der Waals surface area contributed by atoms with Crippen molar-refractivity contribution in [1.29, 1.82) is 0 Å². The normalized spacial score (nSPS) is 12.3. The lowest BCUT2D eigenvalue weighted by Gasteiger charge is -2.08. The van der Waals surface area contributed by atoms with Gasteiger partial charge in [0.2, 0.25) is 12.7 Å². The maximum Gasteiger partial charge on any atom is 0.231 e. The van der Waals surface area contributed by atoms with E-state index in [2.05, 4.69) is 33.6 Å². The molecule has 7 nitrogen and oxygen atoms in total. The van der Waals surface area contributed by atoms with Gasteiger partial charge in [-0.2, -0.15) is 0 Å². The zero-order chi connectivity index (χ0) is 18.6. The first-order chi connectivity index (χ1) is 13.2. The molecular formula is C19H20N4O3S. The third kappa shape index (κ3) is 3.95. The van der Waals surface area contributed by atoms with E-state index in [4.69, 9.17) is 9.47 Å². The summed E-state index contributed by atoms with van der Waals surface area (Å²) in [5, 5.41) is 7.18. The van der Waals surface area contributed by atoms with Gasteiger partial charge in [0.25, 0.3) is 0 Å². The number of thiophene rings is 1. The summed E-state index contributed by atoms with van der Waals surface area (Å²) in [6, 6.07) is 7.78. The monoisotopic (exact) mass is 384 g/mol. The van der Waals surface area contributed by atoms with Gasteiger partial charge in [-0.25, -0.2) is 9.97 Å². The third-order valence-electron chi connectivity index (χ3n) is 4.30. The van der Waals surface area contributed by atoms with Crippen molar-refractivity contribution in [2.75, 3.05) is 18.7 Å². The van der Waals surface area contributed by atoms with Crippen LogP contribution in [0.15, 0.2) is 30.6 Å². The van der Waals surface area contributed by atoms with Crippen molar-refractivity contribution in [3.05, 3.63) is 41.0 Å². The Hall–Kier alpha value is -2.87. The van der Waals surface area contributed by atoms with E-state index in [0.717, 1.165) is 39.5 Å². The van der Waals surface area contributed by atoms with Crippen LogP contribution in [0.2, 0.25) is 0 Å². The number of nitrogens with zero attached hydrogens (tertiary/aromatic N) is 2. The molecule has 0 aliphatic carbocycles. The maximum atomic E-state index is 12.1. The van der Waals surface area contributed by atoms with Crippen LogP contribution >= 0.6 is 11.3 Å². The summed E-state index contributed by atoms with van der Waals surface area (Å²) in [6.45, 7) is 3.33. The van der Waals surface area contributed by atoms with E-state index in [1.165, 1.54) is 4.88 Å². The lowest BCUT2D eigenvalue weighted by atomic mass is 10.2. The van der Waals surface area contributed by atoms with Gasteiger partial charge in [0.15, 0.2) is 11.5 Å². The van der Waals surface area contributed by atoms with Crippen LogP contribution in [0.5, 0.6) is 11.5 Å². The highest BCUT2D eigenvalue weighted by molar-refractivity contribution is 7.18. The van der Waals surface area contributed by atoms with Crippen molar-refractivity contribution < 1.29 is 14.3 Å². The fourth-order valence-corrected chi connectivity index (χ4v) is 3.79. The van der Waals surface area contributed by atoms with Gasteiger partial charge in [0, 0.05) is 24.4 Å². The van der Waals surface area contributed by atoms with Crippen LogP contribution in [0.4, 0.5) is 5.82 Å². The number of aryl methyl sites for hydroxylation is 1. The number of nitrogens with one attached hydrogen (secondary N) is 2. The van der Waals surface area contributed by atoms with Crippen LogP contribution in [0.25, 0.3) is 10.2 Å². The molecule has 1 amide bonds. The van der Waals surface area contributed by atoms with Gasteiger partial charge in [-0.1, -0.05) is 13.0 Å². The predicted molar refractivity (Wildman–Crippen MR) is 104 cm³/mol. The number of benzene rings is 1. The molecule has 1 aromatic carbocycles. The zero-order valence-corrected chi connectivity index (χ0v) is 15.8. The molecule has 2 aromatic heterocycles. The molecule has 0 spiro atoms. The van der Waals surface area contributed by atoms with Crippen molar-refractivity contribution in [3.63, 3.8) is 0 Å². The third-order valence-corrected chi connectivity index (χ3v) is 5.49. The first kappa shape index (κ1) is 17.5. The summed E-state index contributed by atoms with van der Waals surface area (Å²) in [5.41, 5.74) is 0.975. The SMILES string of the molecule is CCc1cc2c(NCCC(=O)NCc3ccc4c(c3)OCO4)ncnc2s1. The van der Waals surface area contributed by atoms with Crippen molar-refractivity contribution in [3.8, 4) is 11.5 Å². The van der Waals surface area contributed by atoms with Gasteiger partial charge < -0.3 is 20.1 Å². The number of aromatic nitrogens is 2. The van der Waals surface area contributed by atoms with E-state index in [1.807, 2.05) is 18.2 Å². The van der Waals surface area contributed by atoms with Crippen LogP contribution in [0.1, 0.15) is 23.8 Å². The molecule has 3 heterocycles. The molecule has 2 N–H and O–H groups in total. The Bertz CT molecular complexity index is 973. The molecule has 0 bridgehead atoms. The van der Waals surface area contributed by atoms with E-state index >= 15 is 0 Å². The highest BCUT2D eigenvalue weighted by atomic mass is 32.1. The summed E-state index contributed by atoms with van der Waals surface area (Å²) in [7, 11) is 0. The Labute approximate surface area is 160 Å². The van der Waals surface area contributed by atoms with E-state index in [-0.39, 0.29) is 12.7 Å². The minimum Gasteiger partial charge on any atom is -0.454 e. The maximum absolute atomic E-state index is 12.1. The molecule has 0 atom stereocenters. The number of hydrogen-bond donors (Lipinski definition) is 2. The van der Waals surface area contributed by atoms with Gasteiger partial charge in [-0.15, -0.1) is 11.3 Å². The Balaban J connectivity index is 1.28. The molecule has 0 fully saturated rings. The first-order valence-electron chi connectivity index (χ1n) is 8.85. The summed E-state index contributed by atoms with van der Waals surface area (Å²) in [5.74, 6) is 2.22. The second-order valence-electron chi connectivity index (χ2n) is 6.15. The molecule has 0 saturated heterocycles. The van der Waals surface area contributed by atoms with Crippen molar-refractivity contribution >= 4 is 33.3 Å². The average Bonchev–Trinajstić information content (AvgIpc) is 3.32. The Kier molecular flexibility index (Phi) is 5.06. The summed E-state index contributed by atoms with van der Waals surface area (Å²) in [4.78, 5) is 23.0. The standard InChI is InChI=1S/C19H20N4O3S/c1-2-13-8-14-18(22-10-23-19(14)27-13)20-6-5-17(24)21-9-12-3-4-15-16(7-12)26-11-25-15/h3-4,7-8,10H,2,5-6,9,11H2,1H3,(H,21,24)(H,20,22,23). The minimum atomic E-state index is -0.0231. The van der Waals surface area contributed by atoms with Gasteiger partial charge in [-0.3, -0.25) is 4.79 Å². The molecule has 0 radical (unpaired) electrons. The number of hydrogen-bond acceptors (Lipinski definition) is 7. The number of ether oxygens (including phenoxy) is 2. The molecule has 0 unspecified atom stereocenters. The molecule has 140 valence electrons. The van der Waals surface area contributed by atoms with Gasteiger partial charge >= 0.3 is 0 Å². The number of anilines is 1. The quantitative estimate of drug-likeness (QED) is 0.651. The highest BCUT2D eigenvalue weighted by Crippen LogP contribution is 2.32. The molecule has 4 rings (SSSR count). The molecule has 1 aliphatic rings. The van der Waals surface area contributed by atoms with Crippen molar-refractivity contribution in [2.45, 2.75) is 26.3 Å². The average molecular weight is 384 g/mol. The predicted octanol–water partition coefficient (Wildman–Crippen LogP) is 3.10. The Morgan fingerprint density at radius 3 is 3.00 bits per heavy atom. The van der Waals surface area contributed by atoms with Gasteiger partial charge in [0.05, 0.1) is 5.39 Å². The number of carbonyl (C=O) groups excluding carboxylic acids is 1. The molecule has 8 heteroatoms. The van der Waals surface area contributed by atoms with Crippen LogP contribution in [0.3, 0.4) is 0 Å². The van der Waals surface area contributed by atoms with E-state index in [1.54, 1.807) is 17.7 Å². The Morgan fingerprint density at radius 1 is 1.22 bits per heavy atom. The fourth-order valence-electron chi connectivity index (χ4n) is 2.85. The first-order valence-corrected chi connectivity index (χ1v) is 9.67. The number of rotatable bonds is 7. The van der Waals surface area contributed by atoms with Crippen LogP contribution < -0.4 is 20.1 Å². The van der Waals surface area contributed by atoms with E-state index in [9.17, 15) is 4.79 Å². The number of fused-ring (bicyclic) bond motifs is 2. The number of amides is 1. The van der Waals surface area contributed by atoms with E-state index < -0.39 is 0 Å². The molecule has 0 saturated carbocycles. The second kappa shape index (κ2) is 7.79. The fraction of sp³-hybridized carbons (Fsp3) is 0.316. The smallest absolute Gasteiger partial charge is 0.231 e. The molecule has 1 aliphatic heterocycles. The zero-order valence-electron chi connectivity index (χ0n) is 14.9. The van der Waals surface area contributed by atoms with Gasteiger partial charge in [-0.05, 0) is 30.2 Å². The van der Waals surface area contributed by atoms with Crippen molar-refractivity contribution in [1.82, 2.24) is 15.3 Å². The topological polar surface area (TPSA) is 85.4 Å². The van der Waals surface area contributed by atoms with E-state index in [0.29, 0.717) is 19.5 Å².